The van der Waals surface area contributed by atoms with Gasteiger partial charge in [0.1, 0.15) is 11.9 Å². The van der Waals surface area contributed by atoms with Gasteiger partial charge >= 0.3 is 0 Å². The third-order valence-electron chi connectivity index (χ3n) is 2.96. The first kappa shape index (κ1) is 14.7. The summed E-state index contributed by atoms with van der Waals surface area (Å²) in [5.74, 6) is -0.840. The van der Waals surface area contributed by atoms with Crippen LogP contribution >= 0.6 is 0 Å². The van der Waals surface area contributed by atoms with Gasteiger partial charge in [-0.2, -0.15) is 10.4 Å². The Morgan fingerprint density at radius 2 is 2.19 bits per heavy atom. The zero-order chi connectivity index (χ0) is 15.2. The third kappa shape index (κ3) is 3.46. The van der Waals surface area contributed by atoms with E-state index in [0.717, 1.165) is 0 Å². The van der Waals surface area contributed by atoms with Gasteiger partial charge in [0.05, 0.1) is 24.6 Å². The summed E-state index contributed by atoms with van der Waals surface area (Å²) in [5, 5.41) is 19.7. The number of rotatable bonds is 4. The van der Waals surface area contributed by atoms with Crippen molar-refractivity contribution in [1.29, 1.82) is 10.7 Å². The number of hydrogen-bond acceptors (Lipinski definition) is 6. The highest BCUT2D eigenvalue weighted by molar-refractivity contribution is 6.45. The number of nitrogens with zero attached hydrogens (tertiary/aromatic N) is 3. The molecule has 0 unspecified atom stereocenters. The maximum Gasteiger partial charge on any atom is 0.201 e. The van der Waals surface area contributed by atoms with Crippen LogP contribution in [0.2, 0.25) is 0 Å². The standard InChI is InChI=1S/C13H15FN6O/c14-9-2-1-3-10(18-19-11(8-15)13(16)17)12(9)20-4-6-21-7-5-20/h1-3,18H,4-7H2,(H3,16,17)/b19-11+. The molecule has 1 saturated heterocycles. The number of halogens is 1. The second kappa shape index (κ2) is 6.67. The Bertz CT molecular complexity index is 603. The van der Waals surface area contributed by atoms with Gasteiger partial charge in [-0.25, -0.2) is 4.39 Å². The van der Waals surface area contributed by atoms with Crippen LogP contribution in [0.15, 0.2) is 23.3 Å². The highest BCUT2D eigenvalue weighted by Gasteiger charge is 2.18. The van der Waals surface area contributed by atoms with E-state index in [1.54, 1.807) is 12.1 Å². The van der Waals surface area contributed by atoms with Crippen LogP contribution in [0.5, 0.6) is 0 Å². The number of ether oxygens (including phenoxy) is 1. The predicted molar refractivity (Wildman–Crippen MR) is 78.0 cm³/mol. The number of benzene rings is 1. The Morgan fingerprint density at radius 1 is 1.48 bits per heavy atom. The number of hydrogen-bond donors (Lipinski definition) is 3. The van der Waals surface area contributed by atoms with Crippen LogP contribution in [0.25, 0.3) is 0 Å². The lowest BCUT2D eigenvalue weighted by Gasteiger charge is -2.30. The summed E-state index contributed by atoms with van der Waals surface area (Å²) in [6.45, 7) is 2.18. The van der Waals surface area contributed by atoms with E-state index in [2.05, 4.69) is 10.5 Å². The minimum Gasteiger partial charge on any atom is -0.382 e. The lowest BCUT2D eigenvalue weighted by Crippen LogP contribution is -2.37. The molecule has 0 radical (unpaired) electrons. The van der Waals surface area contributed by atoms with Gasteiger partial charge in [0.15, 0.2) is 5.84 Å². The number of morpholine rings is 1. The van der Waals surface area contributed by atoms with Gasteiger partial charge in [0.2, 0.25) is 5.71 Å². The fraction of sp³-hybridized carbons (Fsp3) is 0.308. The van der Waals surface area contributed by atoms with Crippen molar-refractivity contribution >= 4 is 22.9 Å². The fourth-order valence-electron chi connectivity index (χ4n) is 1.98. The minimum atomic E-state index is -0.450. The Morgan fingerprint density at radius 3 is 2.81 bits per heavy atom. The molecule has 0 aliphatic carbocycles. The summed E-state index contributed by atoms with van der Waals surface area (Å²) in [7, 11) is 0. The molecule has 7 nitrogen and oxygen atoms in total. The van der Waals surface area contributed by atoms with Gasteiger partial charge in [-0.3, -0.25) is 10.8 Å². The number of hydrazone groups is 1. The highest BCUT2D eigenvalue weighted by Crippen LogP contribution is 2.29. The molecule has 0 atom stereocenters. The molecule has 1 aliphatic heterocycles. The Kier molecular flexibility index (Phi) is 4.68. The maximum absolute atomic E-state index is 14.1. The average Bonchev–Trinajstić information content (AvgIpc) is 2.48. The zero-order valence-electron chi connectivity index (χ0n) is 11.3. The number of nitrogens with two attached hydrogens (primary N) is 1. The van der Waals surface area contributed by atoms with Gasteiger partial charge in [-0.05, 0) is 12.1 Å². The lowest BCUT2D eigenvalue weighted by atomic mass is 10.2. The molecule has 0 saturated carbocycles. The second-order valence-electron chi connectivity index (χ2n) is 4.33. The number of amidine groups is 1. The van der Waals surface area contributed by atoms with Crippen molar-refractivity contribution in [2.75, 3.05) is 36.6 Å². The van der Waals surface area contributed by atoms with Crippen molar-refractivity contribution < 1.29 is 9.13 Å². The van der Waals surface area contributed by atoms with E-state index in [4.69, 9.17) is 21.1 Å². The SMILES string of the molecule is N#C/C(=N\Nc1cccc(F)c1N1CCOCC1)C(=N)N. The summed E-state index contributed by atoms with van der Waals surface area (Å²) < 4.78 is 19.3. The fourth-order valence-corrected chi connectivity index (χ4v) is 1.98. The van der Waals surface area contributed by atoms with Crippen LogP contribution in [0.3, 0.4) is 0 Å². The molecular formula is C13H15FN6O. The van der Waals surface area contributed by atoms with E-state index in [0.29, 0.717) is 37.7 Å². The summed E-state index contributed by atoms with van der Waals surface area (Å²) >= 11 is 0. The quantitative estimate of drug-likeness (QED) is 0.433. The normalized spacial score (nSPS) is 15.4. The summed E-state index contributed by atoms with van der Waals surface area (Å²) in [6.07, 6.45) is 0. The summed E-state index contributed by atoms with van der Waals surface area (Å²) in [5.41, 5.74) is 8.33. The van der Waals surface area contributed by atoms with Crippen molar-refractivity contribution in [2.24, 2.45) is 10.8 Å². The molecule has 0 spiro atoms. The molecule has 1 heterocycles. The first-order chi connectivity index (χ1) is 10.1. The van der Waals surface area contributed by atoms with E-state index in [-0.39, 0.29) is 5.71 Å². The lowest BCUT2D eigenvalue weighted by molar-refractivity contribution is 0.122. The molecule has 1 aromatic carbocycles. The molecule has 8 heteroatoms. The van der Waals surface area contributed by atoms with Crippen molar-refractivity contribution in [3.8, 4) is 6.07 Å². The number of anilines is 2. The topological polar surface area (TPSA) is 111 Å². The number of nitrogens with one attached hydrogen (secondary N) is 2. The molecule has 21 heavy (non-hydrogen) atoms. The Balaban J connectivity index is 2.29. The number of nitriles is 1. The third-order valence-corrected chi connectivity index (χ3v) is 2.96. The van der Waals surface area contributed by atoms with E-state index >= 15 is 0 Å². The number of para-hydroxylation sites is 1. The predicted octanol–water partition coefficient (Wildman–Crippen LogP) is 0.890. The van der Waals surface area contributed by atoms with E-state index in [1.807, 2.05) is 4.90 Å². The monoisotopic (exact) mass is 290 g/mol. The second-order valence-corrected chi connectivity index (χ2v) is 4.33. The molecule has 2 rings (SSSR count). The van der Waals surface area contributed by atoms with Crippen molar-refractivity contribution in [3.05, 3.63) is 24.0 Å². The molecule has 1 aliphatic rings. The van der Waals surface area contributed by atoms with Crippen LogP contribution in [0, 0.1) is 22.6 Å². The molecular weight excluding hydrogens is 275 g/mol. The summed E-state index contributed by atoms with van der Waals surface area (Å²) in [4.78, 5) is 1.84. The van der Waals surface area contributed by atoms with Crippen LogP contribution in [-0.2, 0) is 4.74 Å². The van der Waals surface area contributed by atoms with Gasteiger partial charge < -0.3 is 15.4 Å². The van der Waals surface area contributed by atoms with Crippen LogP contribution in [0.4, 0.5) is 15.8 Å². The van der Waals surface area contributed by atoms with Crippen LogP contribution in [-0.4, -0.2) is 37.9 Å². The maximum atomic E-state index is 14.1. The molecule has 1 fully saturated rings. The molecule has 4 N–H and O–H groups in total. The van der Waals surface area contributed by atoms with Gasteiger partial charge in [0, 0.05) is 13.1 Å². The Hall–Kier alpha value is -2.66. The molecule has 110 valence electrons. The van der Waals surface area contributed by atoms with Crippen molar-refractivity contribution in [2.45, 2.75) is 0 Å². The van der Waals surface area contributed by atoms with Crippen molar-refractivity contribution in [3.63, 3.8) is 0 Å². The smallest absolute Gasteiger partial charge is 0.201 e. The zero-order valence-corrected chi connectivity index (χ0v) is 11.3. The molecule has 0 bridgehead atoms. The van der Waals surface area contributed by atoms with E-state index in [9.17, 15) is 4.39 Å². The van der Waals surface area contributed by atoms with Gasteiger partial charge in [-0.1, -0.05) is 6.07 Å². The van der Waals surface area contributed by atoms with E-state index < -0.39 is 11.7 Å². The largest absolute Gasteiger partial charge is 0.382 e. The van der Waals surface area contributed by atoms with Crippen LogP contribution in [0.1, 0.15) is 0 Å². The first-order valence-electron chi connectivity index (χ1n) is 6.33. The Labute approximate surface area is 121 Å². The molecule has 0 aromatic heterocycles. The van der Waals surface area contributed by atoms with Gasteiger partial charge in [-0.15, -0.1) is 0 Å². The average molecular weight is 290 g/mol. The van der Waals surface area contributed by atoms with Gasteiger partial charge in [0.25, 0.3) is 0 Å². The minimum absolute atomic E-state index is 0.257. The molecule has 0 amide bonds. The van der Waals surface area contributed by atoms with E-state index in [1.165, 1.54) is 12.1 Å². The molecule has 1 aromatic rings. The highest BCUT2D eigenvalue weighted by atomic mass is 19.1. The van der Waals surface area contributed by atoms with Crippen LogP contribution < -0.4 is 16.1 Å². The first-order valence-corrected chi connectivity index (χ1v) is 6.33. The van der Waals surface area contributed by atoms with Crippen molar-refractivity contribution in [1.82, 2.24) is 0 Å². The summed E-state index contributed by atoms with van der Waals surface area (Å²) in [6, 6.07) is 6.24.